The fourth-order valence-electron chi connectivity index (χ4n) is 1.41. The summed E-state index contributed by atoms with van der Waals surface area (Å²) < 4.78 is 10.7. The van der Waals surface area contributed by atoms with Crippen LogP contribution in [0.4, 0.5) is 0 Å². The third-order valence-corrected chi connectivity index (χ3v) is 3.40. The molecule has 0 aliphatic heterocycles. The predicted octanol–water partition coefficient (Wildman–Crippen LogP) is 3.37. The van der Waals surface area contributed by atoms with E-state index in [2.05, 4.69) is 22.6 Å². The van der Waals surface area contributed by atoms with Crippen LogP contribution < -0.4 is 0 Å². The minimum atomic E-state index is -0.783. The number of halogens is 2. The van der Waals surface area contributed by atoms with Gasteiger partial charge >= 0.3 is 11.9 Å². The Hall–Kier alpha value is -1.08. The van der Waals surface area contributed by atoms with Crippen molar-refractivity contribution in [3.8, 4) is 0 Å². The molecule has 0 N–H and O–H groups in total. The average Bonchev–Trinajstić information content (AvgIpc) is 2.40. The predicted molar refractivity (Wildman–Crippen MR) is 85.2 cm³/mol. The minimum Gasteiger partial charge on any atom is -0.462 e. The molecule has 0 amide bonds. The summed E-state index contributed by atoms with van der Waals surface area (Å²) in [6, 6.07) is 7.10. The first-order chi connectivity index (χ1) is 9.51. The second-order valence-electron chi connectivity index (χ2n) is 3.64. The molecule has 0 atom stereocenters. The Kier molecular flexibility index (Phi) is 7.01. The molecular formula is C14H14ClIO4. The highest BCUT2D eigenvalue weighted by Gasteiger charge is 2.26. The van der Waals surface area contributed by atoms with Crippen LogP contribution >= 0.6 is 34.2 Å². The van der Waals surface area contributed by atoms with Gasteiger partial charge in [0.25, 0.3) is 0 Å². The first kappa shape index (κ1) is 17.0. The van der Waals surface area contributed by atoms with Crippen molar-refractivity contribution < 1.29 is 19.1 Å². The van der Waals surface area contributed by atoms with Crippen molar-refractivity contribution in [1.82, 2.24) is 0 Å². The van der Waals surface area contributed by atoms with Crippen LogP contribution in [0.15, 0.2) is 29.8 Å². The fraction of sp³-hybridized carbons (Fsp3) is 0.286. The third kappa shape index (κ3) is 4.49. The van der Waals surface area contributed by atoms with Crippen LogP contribution in [0.25, 0.3) is 5.03 Å². The summed E-state index contributed by atoms with van der Waals surface area (Å²) in [4.78, 5) is 23.7. The monoisotopic (exact) mass is 408 g/mol. The molecule has 0 radical (unpaired) electrons. The average molecular weight is 409 g/mol. The summed E-state index contributed by atoms with van der Waals surface area (Å²) >= 11 is 8.31. The summed E-state index contributed by atoms with van der Waals surface area (Å²) in [5.74, 6) is -1.57. The lowest BCUT2D eigenvalue weighted by Crippen LogP contribution is -2.19. The Morgan fingerprint density at radius 1 is 1.05 bits per heavy atom. The van der Waals surface area contributed by atoms with Gasteiger partial charge in [-0.2, -0.15) is 0 Å². The van der Waals surface area contributed by atoms with Crippen molar-refractivity contribution in [1.29, 1.82) is 0 Å². The number of hydrogen-bond donors (Lipinski definition) is 0. The maximum atomic E-state index is 11.9. The first-order valence-electron chi connectivity index (χ1n) is 6.01. The van der Waals surface area contributed by atoms with Crippen LogP contribution in [0.1, 0.15) is 19.4 Å². The zero-order valence-corrected chi connectivity index (χ0v) is 14.0. The van der Waals surface area contributed by atoms with Gasteiger partial charge < -0.3 is 9.47 Å². The highest BCUT2D eigenvalue weighted by atomic mass is 127. The van der Waals surface area contributed by atoms with Gasteiger partial charge in [0.2, 0.25) is 0 Å². The summed E-state index contributed by atoms with van der Waals surface area (Å²) in [6.45, 7) is 3.61. The maximum absolute atomic E-state index is 11.9. The van der Waals surface area contributed by atoms with Crippen molar-refractivity contribution in [2.24, 2.45) is 0 Å². The zero-order valence-electron chi connectivity index (χ0n) is 11.1. The Morgan fingerprint density at radius 3 is 1.90 bits per heavy atom. The van der Waals surface area contributed by atoms with Gasteiger partial charge in [0.05, 0.1) is 18.2 Å². The van der Waals surface area contributed by atoms with Gasteiger partial charge in [-0.3, -0.25) is 0 Å². The standard InChI is InChI=1S/C14H14ClIO4/c1-3-19-13(17)11(14(18)20-4-2)12(15)9-5-7-10(16)8-6-9/h5-8H,3-4H2,1-2H3. The van der Waals surface area contributed by atoms with Gasteiger partial charge in [-0.1, -0.05) is 23.7 Å². The molecule has 108 valence electrons. The van der Waals surface area contributed by atoms with E-state index in [0.717, 1.165) is 3.57 Å². The van der Waals surface area contributed by atoms with Crippen LogP contribution in [-0.4, -0.2) is 25.2 Å². The molecule has 0 aliphatic carbocycles. The molecule has 0 unspecified atom stereocenters. The van der Waals surface area contributed by atoms with Crippen LogP contribution in [0.2, 0.25) is 0 Å². The first-order valence-corrected chi connectivity index (χ1v) is 7.46. The van der Waals surface area contributed by atoms with E-state index in [1.165, 1.54) is 0 Å². The molecule has 0 aliphatic rings. The van der Waals surface area contributed by atoms with E-state index in [9.17, 15) is 9.59 Å². The highest BCUT2D eigenvalue weighted by molar-refractivity contribution is 14.1. The molecular weight excluding hydrogens is 395 g/mol. The van der Waals surface area contributed by atoms with Crippen LogP contribution in [-0.2, 0) is 19.1 Å². The molecule has 6 heteroatoms. The van der Waals surface area contributed by atoms with Gasteiger partial charge in [-0.15, -0.1) is 0 Å². The van der Waals surface area contributed by atoms with E-state index in [1.54, 1.807) is 26.0 Å². The van der Waals surface area contributed by atoms with Gasteiger partial charge in [0.1, 0.15) is 0 Å². The van der Waals surface area contributed by atoms with Gasteiger partial charge in [0, 0.05) is 3.57 Å². The van der Waals surface area contributed by atoms with Crippen LogP contribution in [0, 0.1) is 3.57 Å². The molecule has 0 heterocycles. The topological polar surface area (TPSA) is 52.6 Å². The molecule has 0 saturated carbocycles. The quantitative estimate of drug-likeness (QED) is 0.246. The van der Waals surface area contributed by atoms with Gasteiger partial charge in [-0.05, 0) is 54.1 Å². The maximum Gasteiger partial charge on any atom is 0.347 e. The molecule has 1 rings (SSSR count). The van der Waals surface area contributed by atoms with Crippen molar-refractivity contribution in [2.45, 2.75) is 13.8 Å². The number of benzene rings is 1. The lowest BCUT2D eigenvalue weighted by atomic mass is 10.1. The Labute approximate surface area is 136 Å². The van der Waals surface area contributed by atoms with E-state index < -0.39 is 11.9 Å². The van der Waals surface area contributed by atoms with Crippen molar-refractivity contribution in [2.75, 3.05) is 13.2 Å². The summed E-state index contributed by atoms with van der Waals surface area (Å²) in [5.41, 5.74) is 0.278. The fourth-order valence-corrected chi connectivity index (χ4v) is 2.05. The van der Waals surface area contributed by atoms with Crippen molar-refractivity contribution in [3.05, 3.63) is 39.0 Å². The minimum absolute atomic E-state index is 0.0262. The molecule has 0 bridgehead atoms. The van der Waals surface area contributed by atoms with E-state index in [0.29, 0.717) is 5.56 Å². The second kappa shape index (κ2) is 8.26. The Bertz CT molecular complexity index is 502. The molecule has 0 fully saturated rings. The number of carbonyl (C=O) groups is 2. The normalized spacial score (nSPS) is 9.80. The van der Waals surface area contributed by atoms with Crippen LogP contribution in [0.5, 0.6) is 0 Å². The molecule has 0 spiro atoms. The second-order valence-corrected chi connectivity index (χ2v) is 5.26. The SMILES string of the molecule is CCOC(=O)C(C(=O)OCC)=C(Cl)c1ccc(I)cc1. The molecule has 0 aromatic heterocycles. The number of ether oxygens (including phenoxy) is 2. The summed E-state index contributed by atoms with van der Waals surface area (Å²) in [5, 5.41) is 0.0262. The van der Waals surface area contributed by atoms with E-state index >= 15 is 0 Å². The summed E-state index contributed by atoms with van der Waals surface area (Å²) in [7, 11) is 0. The Morgan fingerprint density at radius 2 is 1.50 bits per heavy atom. The van der Waals surface area contributed by atoms with E-state index in [1.807, 2.05) is 12.1 Å². The molecule has 4 nitrogen and oxygen atoms in total. The largest absolute Gasteiger partial charge is 0.462 e. The van der Waals surface area contributed by atoms with Crippen molar-refractivity contribution >= 4 is 51.2 Å². The lowest BCUT2D eigenvalue weighted by molar-refractivity contribution is -0.146. The smallest absolute Gasteiger partial charge is 0.347 e. The van der Waals surface area contributed by atoms with Gasteiger partial charge in [0.15, 0.2) is 5.57 Å². The molecule has 20 heavy (non-hydrogen) atoms. The zero-order chi connectivity index (χ0) is 15.1. The van der Waals surface area contributed by atoms with Crippen LogP contribution in [0.3, 0.4) is 0 Å². The number of hydrogen-bond acceptors (Lipinski definition) is 4. The lowest BCUT2D eigenvalue weighted by Gasteiger charge is -2.09. The highest BCUT2D eigenvalue weighted by Crippen LogP contribution is 2.25. The Balaban J connectivity index is 3.24. The third-order valence-electron chi connectivity index (χ3n) is 2.28. The van der Waals surface area contributed by atoms with E-state index in [4.69, 9.17) is 21.1 Å². The number of rotatable bonds is 5. The molecule has 1 aromatic carbocycles. The van der Waals surface area contributed by atoms with Crippen molar-refractivity contribution in [3.63, 3.8) is 0 Å². The number of carbonyl (C=O) groups excluding carboxylic acids is 2. The molecule has 0 saturated heterocycles. The molecule has 1 aromatic rings. The van der Waals surface area contributed by atoms with Gasteiger partial charge in [-0.25, -0.2) is 9.59 Å². The van der Waals surface area contributed by atoms with E-state index in [-0.39, 0.29) is 23.8 Å². The summed E-state index contributed by atoms with van der Waals surface area (Å²) in [6.07, 6.45) is 0. The number of esters is 2.